The molecule has 2 rings (SSSR count). The van der Waals surface area contributed by atoms with E-state index in [4.69, 9.17) is 27.9 Å². The lowest BCUT2D eigenvalue weighted by Crippen LogP contribution is -2.38. The molecule has 114 valence electrons. The van der Waals surface area contributed by atoms with Gasteiger partial charge in [0.2, 0.25) is 5.91 Å². The summed E-state index contributed by atoms with van der Waals surface area (Å²) in [6.45, 7) is 1.50. The summed E-state index contributed by atoms with van der Waals surface area (Å²) in [6, 6.07) is 5.04. The minimum atomic E-state index is 0.0771. The highest BCUT2D eigenvalue weighted by Gasteiger charge is 2.20. The molecule has 1 aromatic rings. The van der Waals surface area contributed by atoms with E-state index in [1.165, 1.54) is 0 Å². The van der Waals surface area contributed by atoms with Crippen LogP contribution in [-0.2, 0) is 9.59 Å². The van der Waals surface area contributed by atoms with Crippen LogP contribution < -0.4 is 4.74 Å². The zero-order chi connectivity index (χ0) is 15.2. The highest BCUT2D eigenvalue weighted by molar-refractivity contribution is 6.35. The van der Waals surface area contributed by atoms with Gasteiger partial charge in [0.15, 0.2) is 0 Å². The Morgan fingerprint density at radius 1 is 1.24 bits per heavy atom. The minimum Gasteiger partial charge on any atom is -0.492 e. The van der Waals surface area contributed by atoms with E-state index in [1.807, 2.05) is 0 Å². The van der Waals surface area contributed by atoms with Crippen molar-refractivity contribution in [2.45, 2.75) is 25.7 Å². The van der Waals surface area contributed by atoms with Crippen LogP contribution in [0, 0.1) is 0 Å². The van der Waals surface area contributed by atoms with Crippen molar-refractivity contribution >= 4 is 34.9 Å². The van der Waals surface area contributed by atoms with E-state index < -0.39 is 0 Å². The van der Waals surface area contributed by atoms with E-state index in [9.17, 15) is 9.59 Å². The Morgan fingerprint density at radius 2 is 1.95 bits per heavy atom. The number of piperidine rings is 1. The number of Topliss-reactive ketones (excluding diaryl/α,β-unsaturated/α-hetero) is 1. The summed E-state index contributed by atoms with van der Waals surface area (Å²) in [5.74, 6) is 0.880. The first-order valence-electron chi connectivity index (χ1n) is 6.93. The molecule has 1 fully saturated rings. The second-order valence-electron chi connectivity index (χ2n) is 4.95. The SMILES string of the molecule is O=C1CCN(C(=O)CCCOc2ccc(Cl)cc2Cl)CC1. The summed E-state index contributed by atoms with van der Waals surface area (Å²) in [5, 5.41) is 1.02. The molecule has 0 bridgehead atoms. The maximum Gasteiger partial charge on any atom is 0.222 e. The number of carbonyl (C=O) groups excluding carboxylic acids is 2. The van der Waals surface area contributed by atoms with E-state index in [-0.39, 0.29) is 11.7 Å². The number of likely N-dealkylation sites (tertiary alicyclic amines) is 1. The quantitative estimate of drug-likeness (QED) is 0.778. The Kier molecular flexibility index (Phi) is 5.88. The molecule has 0 atom stereocenters. The molecule has 0 saturated carbocycles. The molecule has 0 aliphatic carbocycles. The van der Waals surface area contributed by atoms with Gasteiger partial charge in [-0.1, -0.05) is 23.2 Å². The lowest BCUT2D eigenvalue weighted by Gasteiger charge is -2.26. The third-order valence-corrected chi connectivity index (χ3v) is 3.89. The molecule has 6 heteroatoms. The van der Waals surface area contributed by atoms with Crippen LogP contribution in [0.3, 0.4) is 0 Å². The lowest BCUT2D eigenvalue weighted by molar-refractivity contribution is -0.134. The second-order valence-corrected chi connectivity index (χ2v) is 5.79. The van der Waals surface area contributed by atoms with Crippen LogP contribution in [0.2, 0.25) is 10.0 Å². The number of carbonyl (C=O) groups is 2. The van der Waals surface area contributed by atoms with Gasteiger partial charge in [0.1, 0.15) is 11.5 Å². The van der Waals surface area contributed by atoms with E-state index in [1.54, 1.807) is 23.1 Å². The summed E-state index contributed by atoms with van der Waals surface area (Å²) in [6.07, 6.45) is 1.98. The van der Waals surface area contributed by atoms with Crippen molar-refractivity contribution in [1.29, 1.82) is 0 Å². The molecule has 1 heterocycles. The number of amides is 1. The van der Waals surface area contributed by atoms with Crippen LogP contribution in [0.1, 0.15) is 25.7 Å². The van der Waals surface area contributed by atoms with Crippen molar-refractivity contribution in [2.75, 3.05) is 19.7 Å². The van der Waals surface area contributed by atoms with Crippen molar-refractivity contribution in [1.82, 2.24) is 4.90 Å². The number of hydrogen-bond acceptors (Lipinski definition) is 3. The highest BCUT2D eigenvalue weighted by Crippen LogP contribution is 2.27. The maximum atomic E-state index is 11.9. The van der Waals surface area contributed by atoms with Crippen LogP contribution in [0.15, 0.2) is 18.2 Å². The largest absolute Gasteiger partial charge is 0.492 e. The van der Waals surface area contributed by atoms with E-state index >= 15 is 0 Å². The first kappa shape index (κ1) is 16.1. The standard InChI is InChI=1S/C15H17Cl2NO3/c16-11-3-4-14(13(17)10-11)21-9-1-2-15(20)18-7-5-12(19)6-8-18/h3-4,10H,1-2,5-9H2. The molecule has 1 aliphatic heterocycles. The first-order chi connectivity index (χ1) is 10.1. The van der Waals surface area contributed by atoms with Crippen molar-refractivity contribution < 1.29 is 14.3 Å². The van der Waals surface area contributed by atoms with Gasteiger partial charge < -0.3 is 9.64 Å². The number of ketones is 1. The number of benzene rings is 1. The van der Waals surface area contributed by atoms with Crippen LogP contribution in [0.25, 0.3) is 0 Å². The van der Waals surface area contributed by atoms with Gasteiger partial charge >= 0.3 is 0 Å². The fourth-order valence-electron chi connectivity index (χ4n) is 2.16. The normalized spacial score (nSPS) is 15.1. The van der Waals surface area contributed by atoms with Crippen LogP contribution >= 0.6 is 23.2 Å². The zero-order valence-corrected chi connectivity index (χ0v) is 13.1. The Hall–Kier alpha value is -1.26. The summed E-state index contributed by atoms with van der Waals surface area (Å²) in [7, 11) is 0. The van der Waals surface area contributed by atoms with E-state index in [0.717, 1.165) is 0 Å². The van der Waals surface area contributed by atoms with Gasteiger partial charge in [0.25, 0.3) is 0 Å². The van der Waals surface area contributed by atoms with Crippen molar-refractivity contribution in [3.63, 3.8) is 0 Å². The third-order valence-electron chi connectivity index (χ3n) is 3.36. The van der Waals surface area contributed by atoms with E-state index in [2.05, 4.69) is 0 Å². The summed E-state index contributed by atoms with van der Waals surface area (Å²) in [4.78, 5) is 24.8. The fraction of sp³-hybridized carbons (Fsp3) is 0.467. The summed E-state index contributed by atoms with van der Waals surface area (Å²) < 4.78 is 5.53. The minimum absolute atomic E-state index is 0.0771. The fourth-order valence-corrected chi connectivity index (χ4v) is 2.62. The monoisotopic (exact) mass is 329 g/mol. The van der Waals surface area contributed by atoms with Gasteiger partial charge in [0, 0.05) is 37.4 Å². The number of ether oxygens (including phenoxy) is 1. The third kappa shape index (κ3) is 4.90. The zero-order valence-electron chi connectivity index (χ0n) is 11.6. The predicted octanol–water partition coefficient (Wildman–Crippen LogP) is 3.34. The Morgan fingerprint density at radius 3 is 2.62 bits per heavy atom. The maximum absolute atomic E-state index is 11.9. The molecule has 1 aromatic carbocycles. The Bertz CT molecular complexity index is 524. The Labute approximate surface area is 134 Å². The number of hydrogen-bond donors (Lipinski definition) is 0. The summed E-state index contributed by atoms with van der Waals surface area (Å²) in [5.41, 5.74) is 0. The number of halogens is 2. The van der Waals surface area contributed by atoms with Gasteiger partial charge in [-0.2, -0.15) is 0 Å². The van der Waals surface area contributed by atoms with Gasteiger partial charge in [-0.15, -0.1) is 0 Å². The molecule has 0 spiro atoms. The van der Waals surface area contributed by atoms with Gasteiger partial charge in [-0.3, -0.25) is 9.59 Å². The second kappa shape index (κ2) is 7.66. The topological polar surface area (TPSA) is 46.6 Å². The molecule has 0 unspecified atom stereocenters. The van der Waals surface area contributed by atoms with Crippen LogP contribution in [-0.4, -0.2) is 36.3 Å². The van der Waals surface area contributed by atoms with Crippen LogP contribution in [0.4, 0.5) is 0 Å². The van der Waals surface area contributed by atoms with Crippen LogP contribution in [0.5, 0.6) is 5.75 Å². The van der Waals surface area contributed by atoms with Crippen molar-refractivity contribution in [2.24, 2.45) is 0 Å². The molecular weight excluding hydrogens is 313 g/mol. The lowest BCUT2D eigenvalue weighted by atomic mass is 10.1. The summed E-state index contributed by atoms with van der Waals surface area (Å²) >= 11 is 11.8. The number of rotatable bonds is 5. The smallest absolute Gasteiger partial charge is 0.222 e. The van der Waals surface area contributed by atoms with Gasteiger partial charge in [-0.05, 0) is 24.6 Å². The molecular formula is C15H17Cl2NO3. The Balaban J connectivity index is 1.69. The molecule has 1 saturated heterocycles. The highest BCUT2D eigenvalue weighted by atomic mass is 35.5. The molecule has 1 amide bonds. The van der Waals surface area contributed by atoms with Crippen molar-refractivity contribution in [3.05, 3.63) is 28.2 Å². The van der Waals surface area contributed by atoms with Gasteiger partial charge in [0.05, 0.1) is 11.6 Å². The van der Waals surface area contributed by atoms with Crippen molar-refractivity contribution in [3.8, 4) is 5.75 Å². The molecule has 0 N–H and O–H groups in total. The molecule has 0 aromatic heterocycles. The molecule has 1 aliphatic rings. The number of nitrogens with zero attached hydrogens (tertiary/aromatic N) is 1. The molecule has 21 heavy (non-hydrogen) atoms. The molecule has 0 radical (unpaired) electrons. The first-order valence-corrected chi connectivity index (χ1v) is 7.69. The average Bonchev–Trinajstić information content (AvgIpc) is 2.46. The van der Waals surface area contributed by atoms with Gasteiger partial charge in [-0.25, -0.2) is 0 Å². The predicted molar refractivity (Wildman–Crippen MR) is 82.0 cm³/mol. The molecule has 4 nitrogen and oxygen atoms in total. The average molecular weight is 330 g/mol. The van der Waals surface area contributed by atoms with E-state index in [0.29, 0.717) is 61.2 Å².